The lowest BCUT2D eigenvalue weighted by Crippen LogP contribution is -2.40. The summed E-state index contributed by atoms with van der Waals surface area (Å²) in [6, 6.07) is 7.95. The molecule has 1 amide bonds. The van der Waals surface area contributed by atoms with Crippen molar-refractivity contribution < 1.29 is 14.3 Å². The first-order valence-corrected chi connectivity index (χ1v) is 8.35. The van der Waals surface area contributed by atoms with Crippen LogP contribution in [0.25, 0.3) is 6.08 Å². The second-order valence-electron chi connectivity index (χ2n) is 6.93. The highest BCUT2D eigenvalue weighted by atomic mass is 16.6. The Hall–Kier alpha value is -2.23. The molecule has 0 spiro atoms. The van der Waals surface area contributed by atoms with Crippen LogP contribution >= 0.6 is 0 Å². The van der Waals surface area contributed by atoms with Crippen molar-refractivity contribution in [2.75, 3.05) is 20.2 Å². The van der Waals surface area contributed by atoms with Crippen LogP contribution < -0.4 is 4.74 Å². The summed E-state index contributed by atoms with van der Waals surface area (Å²) in [5.41, 5.74) is 2.03. The molecular weight excluding hydrogens is 302 g/mol. The average molecular weight is 329 g/mol. The quantitative estimate of drug-likeness (QED) is 0.809. The van der Waals surface area contributed by atoms with E-state index in [2.05, 4.69) is 18.2 Å². The second-order valence-corrected chi connectivity index (χ2v) is 6.93. The van der Waals surface area contributed by atoms with E-state index >= 15 is 0 Å². The molecule has 0 bridgehead atoms. The van der Waals surface area contributed by atoms with Crippen LogP contribution in [0.3, 0.4) is 0 Å². The van der Waals surface area contributed by atoms with Gasteiger partial charge in [0.1, 0.15) is 11.4 Å². The lowest BCUT2D eigenvalue weighted by Gasteiger charge is -2.30. The summed E-state index contributed by atoms with van der Waals surface area (Å²) in [4.78, 5) is 13.8. The van der Waals surface area contributed by atoms with Gasteiger partial charge < -0.3 is 14.4 Å². The molecular formula is C20H27NO3. The van der Waals surface area contributed by atoms with Gasteiger partial charge in [-0.2, -0.15) is 0 Å². The van der Waals surface area contributed by atoms with Gasteiger partial charge in [-0.1, -0.05) is 35.9 Å². The van der Waals surface area contributed by atoms with Crippen LogP contribution in [0.4, 0.5) is 4.79 Å². The van der Waals surface area contributed by atoms with E-state index in [1.54, 1.807) is 12.0 Å². The summed E-state index contributed by atoms with van der Waals surface area (Å²) < 4.78 is 10.6. The number of carbonyl (C=O) groups excluding carboxylic acids is 1. The lowest BCUT2D eigenvalue weighted by molar-refractivity contribution is 0.0236. The van der Waals surface area contributed by atoms with Crippen LogP contribution in [-0.2, 0) is 4.74 Å². The van der Waals surface area contributed by atoms with Crippen molar-refractivity contribution in [3.05, 3.63) is 47.6 Å². The predicted octanol–water partition coefficient (Wildman–Crippen LogP) is 4.67. The molecule has 0 radical (unpaired) electrons. The molecule has 2 rings (SSSR count). The SMILES string of the molecule is COc1cccc(C=CC=C2CCN(C(=O)OC(C)(C)C)CC2)c1. The molecule has 24 heavy (non-hydrogen) atoms. The average Bonchev–Trinajstić information content (AvgIpc) is 2.54. The second kappa shape index (κ2) is 8.04. The number of amides is 1. The Labute approximate surface area is 144 Å². The standard InChI is InChI=1S/C20H27NO3/c1-20(2,3)24-19(22)21-13-11-16(12-14-21)7-5-8-17-9-6-10-18(15-17)23-4/h5-10,15H,11-14H2,1-4H3. The number of likely N-dealkylation sites (tertiary alicyclic amines) is 1. The van der Waals surface area contributed by atoms with Crippen molar-refractivity contribution in [1.82, 2.24) is 4.90 Å². The molecule has 0 unspecified atom stereocenters. The fraction of sp³-hybridized carbons (Fsp3) is 0.450. The number of rotatable bonds is 3. The normalized spacial score (nSPS) is 15.5. The molecule has 1 saturated heterocycles. The highest BCUT2D eigenvalue weighted by molar-refractivity contribution is 5.68. The van der Waals surface area contributed by atoms with Crippen LogP contribution in [0, 0.1) is 0 Å². The minimum absolute atomic E-state index is 0.214. The molecule has 130 valence electrons. The Morgan fingerprint density at radius 3 is 2.54 bits per heavy atom. The fourth-order valence-electron chi connectivity index (χ4n) is 2.51. The number of nitrogens with zero attached hydrogens (tertiary/aromatic N) is 1. The minimum atomic E-state index is -0.438. The van der Waals surface area contributed by atoms with Crippen molar-refractivity contribution in [3.63, 3.8) is 0 Å². The third-order valence-electron chi connectivity index (χ3n) is 3.77. The van der Waals surface area contributed by atoms with Crippen molar-refractivity contribution in [1.29, 1.82) is 0 Å². The summed E-state index contributed by atoms with van der Waals surface area (Å²) in [6.07, 6.45) is 7.84. The number of benzene rings is 1. The zero-order valence-corrected chi connectivity index (χ0v) is 15.0. The molecule has 1 aliphatic heterocycles. The molecule has 0 aromatic heterocycles. The zero-order valence-electron chi connectivity index (χ0n) is 15.0. The molecule has 0 saturated carbocycles. The van der Waals surface area contributed by atoms with Gasteiger partial charge in [-0.3, -0.25) is 0 Å². The molecule has 4 nitrogen and oxygen atoms in total. The Morgan fingerprint density at radius 2 is 1.92 bits per heavy atom. The number of hydrogen-bond acceptors (Lipinski definition) is 3. The van der Waals surface area contributed by atoms with Crippen LogP contribution in [0.5, 0.6) is 5.75 Å². The molecule has 1 aromatic carbocycles. The first kappa shape index (κ1) is 18.1. The van der Waals surface area contributed by atoms with Gasteiger partial charge in [-0.15, -0.1) is 0 Å². The summed E-state index contributed by atoms with van der Waals surface area (Å²) in [5, 5.41) is 0. The van der Waals surface area contributed by atoms with Crippen LogP contribution in [0.15, 0.2) is 42.0 Å². The molecule has 4 heteroatoms. The molecule has 1 fully saturated rings. The van der Waals surface area contributed by atoms with E-state index in [1.165, 1.54) is 5.57 Å². The van der Waals surface area contributed by atoms with Gasteiger partial charge in [0.15, 0.2) is 0 Å². The maximum Gasteiger partial charge on any atom is 0.410 e. The summed E-state index contributed by atoms with van der Waals surface area (Å²) in [5.74, 6) is 0.857. The summed E-state index contributed by atoms with van der Waals surface area (Å²) >= 11 is 0. The van der Waals surface area contributed by atoms with Gasteiger partial charge in [0.05, 0.1) is 7.11 Å². The van der Waals surface area contributed by atoms with Crippen LogP contribution in [-0.4, -0.2) is 36.8 Å². The smallest absolute Gasteiger partial charge is 0.410 e. The van der Waals surface area contributed by atoms with Gasteiger partial charge in [-0.05, 0) is 51.3 Å². The number of carbonyl (C=O) groups is 1. The lowest BCUT2D eigenvalue weighted by atomic mass is 10.0. The van der Waals surface area contributed by atoms with Gasteiger partial charge in [0, 0.05) is 13.1 Å². The molecule has 1 heterocycles. The van der Waals surface area contributed by atoms with Gasteiger partial charge >= 0.3 is 6.09 Å². The van der Waals surface area contributed by atoms with Gasteiger partial charge in [-0.25, -0.2) is 4.79 Å². The number of piperidine rings is 1. The molecule has 0 N–H and O–H groups in total. The minimum Gasteiger partial charge on any atom is -0.497 e. The van der Waals surface area contributed by atoms with Crippen molar-refractivity contribution >= 4 is 12.2 Å². The Bertz CT molecular complexity index is 616. The molecule has 1 aromatic rings. The number of ether oxygens (including phenoxy) is 2. The summed E-state index contributed by atoms with van der Waals surface area (Å²) in [7, 11) is 1.67. The van der Waals surface area contributed by atoms with E-state index in [9.17, 15) is 4.79 Å². The maximum absolute atomic E-state index is 12.0. The number of methoxy groups -OCH3 is 1. The molecule has 0 aliphatic carbocycles. The van der Waals surface area contributed by atoms with E-state index in [-0.39, 0.29) is 6.09 Å². The Balaban J connectivity index is 1.86. The third kappa shape index (κ3) is 5.76. The first-order valence-electron chi connectivity index (χ1n) is 8.35. The third-order valence-corrected chi connectivity index (χ3v) is 3.77. The van der Waals surface area contributed by atoms with Crippen molar-refractivity contribution in [2.45, 2.75) is 39.2 Å². The van der Waals surface area contributed by atoms with E-state index in [4.69, 9.17) is 9.47 Å². The van der Waals surface area contributed by atoms with Crippen LogP contribution in [0.1, 0.15) is 39.2 Å². The van der Waals surface area contributed by atoms with E-state index < -0.39 is 5.60 Å². The van der Waals surface area contributed by atoms with Crippen LogP contribution in [0.2, 0.25) is 0 Å². The van der Waals surface area contributed by atoms with Gasteiger partial charge in [0.25, 0.3) is 0 Å². The Kier molecular flexibility index (Phi) is 6.07. The topological polar surface area (TPSA) is 38.8 Å². The van der Waals surface area contributed by atoms with E-state index in [0.29, 0.717) is 13.1 Å². The van der Waals surface area contributed by atoms with Crippen molar-refractivity contribution in [2.24, 2.45) is 0 Å². The highest BCUT2D eigenvalue weighted by Crippen LogP contribution is 2.19. The Morgan fingerprint density at radius 1 is 1.21 bits per heavy atom. The highest BCUT2D eigenvalue weighted by Gasteiger charge is 2.24. The van der Waals surface area contributed by atoms with E-state index in [1.807, 2.05) is 45.0 Å². The zero-order chi connectivity index (χ0) is 17.6. The monoisotopic (exact) mass is 329 g/mol. The predicted molar refractivity (Wildman–Crippen MR) is 97.2 cm³/mol. The molecule has 0 atom stereocenters. The first-order chi connectivity index (χ1) is 11.4. The number of allylic oxidation sites excluding steroid dienone is 2. The molecule has 1 aliphatic rings. The maximum atomic E-state index is 12.0. The largest absolute Gasteiger partial charge is 0.497 e. The number of hydrogen-bond donors (Lipinski definition) is 0. The van der Waals surface area contributed by atoms with Crippen molar-refractivity contribution in [3.8, 4) is 5.75 Å². The summed E-state index contributed by atoms with van der Waals surface area (Å²) in [6.45, 7) is 7.11. The fourth-order valence-corrected chi connectivity index (χ4v) is 2.51. The van der Waals surface area contributed by atoms with E-state index in [0.717, 1.165) is 24.2 Å². The van der Waals surface area contributed by atoms with Gasteiger partial charge in [0.2, 0.25) is 0 Å².